The molecule has 0 amide bonds. The second-order valence-corrected chi connectivity index (χ2v) is 7.68. The fourth-order valence-corrected chi connectivity index (χ4v) is 3.43. The number of ether oxygens (including phenoxy) is 3. The number of hydrogen-bond donors (Lipinski definition) is 0. The van der Waals surface area contributed by atoms with E-state index in [1.165, 1.54) is 0 Å². The predicted octanol–water partition coefficient (Wildman–Crippen LogP) is 8.16. The van der Waals surface area contributed by atoms with Gasteiger partial charge in [0.1, 0.15) is 17.2 Å². The Morgan fingerprint density at radius 2 is 0.812 bits per heavy atom. The molecule has 5 heteroatoms. The zero-order valence-electron chi connectivity index (χ0n) is 18.3. The first-order valence-corrected chi connectivity index (χ1v) is 10.8. The van der Waals surface area contributed by atoms with E-state index in [-0.39, 0.29) is 0 Å². The Hall–Kier alpha value is -3.49. The molecule has 0 N–H and O–H groups in total. The van der Waals surface area contributed by atoms with Crippen molar-refractivity contribution in [3.63, 3.8) is 0 Å². The van der Waals surface area contributed by atoms with Gasteiger partial charge in [-0.15, -0.1) is 0 Å². The van der Waals surface area contributed by atoms with Crippen LogP contribution in [0.2, 0.25) is 0 Å². The standard InChI is InChI=1S/C27H25O4P/c1-18-10-4-7-13-21(18)28-24-16-17-25(31-32)27(30-23-15-9-6-12-20(23)3)26(24)29-22-14-8-5-11-19(22)2/h4-17H,32H2,1-3H3. The van der Waals surface area contributed by atoms with Gasteiger partial charge < -0.3 is 18.7 Å². The van der Waals surface area contributed by atoms with Gasteiger partial charge in [-0.25, -0.2) is 0 Å². The summed E-state index contributed by atoms with van der Waals surface area (Å²) in [6, 6.07) is 27.1. The van der Waals surface area contributed by atoms with Gasteiger partial charge in [-0.2, -0.15) is 0 Å². The summed E-state index contributed by atoms with van der Waals surface area (Å²) < 4.78 is 24.6. The van der Waals surface area contributed by atoms with Crippen LogP contribution in [0.25, 0.3) is 0 Å². The molecule has 0 aliphatic carbocycles. The van der Waals surface area contributed by atoms with Crippen LogP contribution in [0.5, 0.6) is 40.2 Å². The van der Waals surface area contributed by atoms with Crippen LogP contribution in [-0.2, 0) is 0 Å². The van der Waals surface area contributed by atoms with E-state index < -0.39 is 0 Å². The Balaban J connectivity index is 1.86. The first-order chi connectivity index (χ1) is 15.6. The van der Waals surface area contributed by atoms with E-state index in [1.54, 1.807) is 6.07 Å². The minimum Gasteiger partial charge on any atom is -0.476 e. The van der Waals surface area contributed by atoms with Gasteiger partial charge in [0.2, 0.25) is 11.5 Å². The quantitative estimate of drug-likeness (QED) is 0.270. The molecule has 0 heterocycles. The summed E-state index contributed by atoms with van der Waals surface area (Å²) in [5.74, 6) is 4.06. The number of aryl methyl sites for hydroxylation is 3. The van der Waals surface area contributed by atoms with Crippen LogP contribution in [0.1, 0.15) is 16.7 Å². The zero-order valence-corrected chi connectivity index (χ0v) is 19.4. The zero-order chi connectivity index (χ0) is 22.5. The Kier molecular flexibility index (Phi) is 6.63. The van der Waals surface area contributed by atoms with Gasteiger partial charge in [-0.1, -0.05) is 54.6 Å². The molecule has 32 heavy (non-hydrogen) atoms. The Morgan fingerprint density at radius 1 is 0.438 bits per heavy atom. The lowest BCUT2D eigenvalue weighted by Gasteiger charge is -2.20. The Morgan fingerprint density at radius 3 is 1.25 bits per heavy atom. The normalized spacial score (nSPS) is 10.5. The molecule has 0 aliphatic heterocycles. The van der Waals surface area contributed by atoms with Gasteiger partial charge in [0.05, 0.1) is 9.47 Å². The topological polar surface area (TPSA) is 36.9 Å². The highest BCUT2D eigenvalue weighted by molar-refractivity contribution is 7.10. The molecular formula is C27H25O4P. The third-order valence-corrected chi connectivity index (χ3v) is 5.35. The van der Waals surface area contributed by atoms with Crippen molar-refractivity contribution in [2.45, 2.75) is 20.8 Å². The van der Waals surface area contributed by atoms with Crippen molar-refractivity contribution in [1.82, 2.24) is 0 Å². The van der Waals surface area contributed by atoms with E-state index in [2.05, 4.69) is 9.47 Å². The van der Waals surface area contributed by atoms with Crippen LogP contribution < -0.4 is 18.7 Å². The number of rotatable bonds is 7. The number of benzene rings is 4. The summed E-state index contributed by atoms with van der Waals surface area (Å²) in [5, 5.41) is 0. The van der Waals surface area contributed by atoms with Gasteiger partial charge >= 0.3 is 0 Å². The highest BCUT2D eigenvalue weighted by atomic mass is 31.0. The largest absolute Gasteiger partial charge is 0.476 e. The molecule has 1 unspecified atom stereocenters. The van der Waals surface area contributed by atoms with Gasteiger partial charge in [-0.3, -0.25) is 0 Å². The molecule has 4 rings (SSSR count). The minimum absolute atomic E-state index is 0.434. The second-order valence-electron chi connectivity index (χ2n) is 7.44. The lowest BCUT2D eigenvalue weighted by molar-refractivity contribution is 0.375. The summed E-state index contributed by atoms with van der Waals surface area (Å²) >= 11 is 0. The van der Waals surface area contributed by atoms with Gasteiger partial charge in [0.15, 0.2) is 11.5 Å². The van der Waals surface area contributed by atoms with Crippen molar-refractivity contribution in [1.29, 1.82) is 0 Å². The molecule has 4 aromatic rings. The first-order valence-electron chi connectivity index (χ1n) is 10.3. The van der Waals surface area contributed by atoms with Crippen LogP contribution in [0.4, 0.5) is 0 Å². The number of hydrogen-bond acceptors (Lipinski definition) is 4. The van der Waals surface area contributed by atoms with Crippen molar-refractivity contribution < 1.29 is 18.7 Å². The van der Waals surface area contributed by atoms with Crippen LogP contribution in [0.15, 0.2) is 84.9 Å². The molecule has 0 fully saturated rings. The molecular weight excluding hydrogens is 419 g/mol. The van der Waals surface area contributed by atoms with Crippen molar-refractivity contribution >= 4 is 9.47 Å². The molecule has 0 aliphatic rings. The van der Waals surface area contributed by atoms with E-state index in [0.29, 0.717) is 34.5 Å². The summed E-state index contributed by atoms with van der Waals surface area (Å²) in [6.07, 6.45) is 0. The average molecular weight is 444 g/mol. The molecule has 0 radical (unpaired) electrons. The molecule has 0 saturated carbocycles. The maximum absolute atomic E-state index is 6.40. The molecule has 1 atom stereocenters. The monoisotopic (exact) mass is 444 g/mol. The molecule has 0 saturated heterocycles. The molecule has 162 valence electrons. The summed E-state index contributed by atoms with van der Waals surface area (Å²) in [7, 11) is 2.27. The van der Waals surface area contributed by atoms with Gasteiger partial charge in [0, 0.05) is 0 Å². The van der Waals surface area contributed by atoms with Crippen LogP contribution in [0.3, 0.4) is 0 Å². The third-order valence-electron chi connectivity index (χ3n) is 5.09. The van der Waals surface area contributed by atoms with Crippen molar-refractivity contribution in [3.05, 3.63) is 102 Å². The fraction of sp³-hybridized carbons (Fsp3) is 0.111. The lowest BCUT2D eigenvalue weighted by Crippen LogP contribution is -1.98. The summed E-state index contributed by atoms with van der Waals surface area (Å²) in [5.41, 5.74) is 3.00. The Labute approximate surface area is 191 Å². The second kappa shape index (κ2) is 9.76. The highest BCUT2D eigenvalue weighted by Crippen LogP contribution is 2.50. The van der Waals surface area contributed by atoms with E-state index >= 15 is 0 Å². The SMILES string of the molecule is Cc1ccccc1Oc1ccc(OP)c(Oc2ccccc2C)c1Oc1ccccc1C. The summed E-state index contributed by atoms with van der Waals surface area (Å²) in [6.45, 7) is 5.99. The fourth-order valence-electron chi connectivity index (χ4n) is 3.24. The average Bonchev–Trinajstić information content (AvgIpc) is 2.80. The maximum Gasteiger partial charge on any atom is 0.216 e. The third kappa shape index (κ3) is 4.71. The molecule has 0 bridgehead atoms. The maximum atomic E-state index is 6.40. The first kappa shape index (κ1) is 21.7. The van der Waals surface area contributed by atoms with E-state index in [1.807, 2.05) is 99.6 Å². The van der Waals surface area contributed by atoms with Crippen molar-refractivity contribution in [2.75, 3.05) is 0 Å². The van der Waals surface area contributed by atoms with Crippen LogP contribution >= 0.6 is 9.47 Å². The number of para-hydroxylation sites is 3. The predicted molar refractivity (Wildman–Crippen MR) is 131 cm³/mol. The van der Waals surface area contributed by atoms with Gasteiger partial charge in [-0.05, 0) is 67.8 Å². The Bertz CT molecular complexity index is 1240. The van der Waals surface area contributed by atoms with Crippen molar-refractivity contribution in [2.24, 2.45) is 0 Å². The van der Waals surface area contributed by atoms with Crippen LogP contribution in [-0.4, -0.2) is 0 Å². The molecule has 4 nitrogen and oxygen atoms in total. The molecule has 0 aromatic heterocycles. The lowest BCUT2D eigenvalue weighted by atomic mass is 10.2. The van der Waals surface area contributed by atoms with Crippen molar-refractivity contribution in [3.8, 4) is 40.2 Å². The smallest absolute Gasteiger partial charge is 0.216 e. The van der Waals surface area contributed by atoms with E-state index in [4.69, 9.17) is 18.7 Å². The molecule has 4 aromatic carbocycles. The summed E-state index contributed by atoms with van der Waals surface area (Å²) in [4.78, 5) is 0. The molecule has 0 spiro atoms. The van der Waals surface area contributed by atoms with E-state index in [0.717, 1.165) is 22.4 Å². The van der Waals surface area contributed by atoms with Gasteiger partial charge in [0.25, 0.3) is 0 Å². The minimum atomic E-state index is 0.434. The van der Waals surface area contributed by atoms with Crippen LogP contribution in [0, 0.1) is 20.8 Å². The highest BCUT2D eigenvalue weighted by Gasteiger charge is 2.22. The van der Waals surface area contributed by atoms with E-state index in [9.17, 15) is 0 Å².